The van der Waals surface area contributed by atoms with Crippen LogP contribution < -0.4 is 9.62 Å². The zero-order valence-electron chi connectivity index (χ0n) is 13.7. The minimum atomic E-state index is -3.76. The van der Waals surface area contributed by atoms with Gasteiger partial charge in [0.2, 0.25) is 5.91 Å². The molecule has 0 unspecified atom stereocenters. The van der Waals surface area contributed by atoms with Crippen LogP contribution in [0.15, 0.2) is 53.4 Å². The Hall–Kier alpha value is -2.34. The Kier molecular flexibility index (Phi) is 4.32. The molecule has 0 saturated heterocycles. The molecule has 24 heavy (non-hydrogen) atoms. The van der Waals surface area contributed by atoms with E-state index in [1.54, 1.807) is 30.3 Å². The summed E-state index contributed by atoms with van der Waals surface area (Å²) in [6, 6.07) is 14.1. The number of nitrogens with zero attached hydrogens (tertiary/aromatic N) is 1. The highest BCUT2D eigenvalue weighted by molar-refractivity contribution is 7.93. The van der Waals surface area contributed by atoms with E-state index in [1.165, 1.54) is 4.31 Å². The molecule has 0 spiro atoms. The maximum atomic E-state index is 13.0. The van der Waals surface area contributed by atoms with Gasteiger partial charge in [-0.2, -0.15) is 0 Å². The molecule has 0 saturated carbocycles. The first-order valence-corrected chi connectivity index (χ1v) is 9.33. The van der Waals surface area contributed by atoms with Crippen LogP contribution in [0.1, 0.15) is 13.8 Å². The largest absolute Gasteiger partial charge is 0.354 e. The van der Waals surface area contributed by atoms with Gasteiger partial charge >= 0.3 is 0 Å². The Balaban J connectivity index is 2.03. The van der Waals surface area contributed by atoms with Crippen LogP contribution in [-0.4, -0.2) is 27.4 Å². The predicted molar refractivity (Wildman–Crippen MR) is 94.3 cm³/mol. The third-order valence-corrected chi connectivity index (χ3v) is 5.73. The van der Waals surface area contributed by atoms with Crippen LogP contribution in [0.2, 0.25) is 0 Å². The number of carbonyl (C=O) groups is 1. The lowest BCUT2D eigenvalue weighted by molar-refractivity contribution is -0.119. The summed E-state index contributed by atoms with van der Waals surface area (Å²) in [5, 5.41) is 2.78. The van der Waals surface area contributed by atoms with Crippen LogP contribution in [0.5, 0.6) is 0 Å². The molecule has 0 aromatic heterocycles. The van der Waals surface area contributed by atoms with Crippen molar-refractivity contribution in [1.82, 2.24) is 5.32 Å². The molecule has 1 amide bonds. The molecule has 1 aliphatic rings. The van der Waals surface area contributed by atoms with Crippen molar-refractivity contribution in [1.29, 1.82) is 0 Å². The number of rotatable bonds is 4. The third-order valence-electron chi connectivity index (χ3n) is 3.91. The van der Waals surface area contributed by atoms with E-state index in [4.69, 9.17) is 0 Å². The molecule has 1 N–H and O–H groups in total. The Bertz CT molecular complexity index is 875. The summed E-state index contributed by atoms with van der Waals surface area (Å²) in [5.74, 6) is 0.00128. The van der Waals surface area contributed by atoms with Crippen molar-refractivity contribution in [3.05, 3.63) is 48.5 Å². The highest BCUT2D eigenvalue weighted by Gasteiger charge is 2.35. The molecule has 3 rings (SSSR count). The third kappa shape index (κ3) is 2.89. The van der Waals surface area contributed by atoms with Gasteiger partial charge in [-0.05, 0) is 18.1 Å². The van der Waals surface area contributed by atoms with Gasteiger partial charge in [-0.1, -0.05) is 50.2 Å². The second-order valence-electron chi connectivity index (χ2n) is 6.22. The molecular formula is C18H20N2O3S. The number of amides is 1. The first kappa shape index (κ1) is 16.5. The minimum Gasteiger partial charge on any atom is -0.354 e. The van der Waals surface area contributed by atoms with E-state index in [0.29, 0.717) is 23.7 Å². The fraction of sp³-hybridized carbons (Fsp3) is 0.278. The molecule has 0 atom stereocenters. The average molecular weight is 344 g/mol. The Labute approximate surface area is 142 Å². The summed E-state index contributed by atoms with van der Waals surface area (Å²) in [6.07, 6.45) is 0. The molecule has 126 valence electrons. The van der Waals surface area contributed by atoms with Crippen molar-refractivity contribution < 1.29 is 13.2 Å². The predicted octanol–water partition coefficient (Wildman–Crippen LogP) is 2.63. The second-order valence-corrected chi connectivity index (χ2v) is 8.05. The first-order valence-electron chi connectivity index (χ1n) is 7.89. The van der Waals surface area contributed by atoms with Crippen LogP contribution in [0, 0.1) is 5.92 Å². The van der Waals surface area contributed by atoms with Gasteiger partial charge in [0.25, 0.3) is 10.0 Å². The number of anilines is 1. The zero-order chi connectivity index (χ0) is 17.3. The van der Waals surface area contributed by atoms with Gasteiger partial charge in [0.05, 0.1) is 10.6 Å². The summed E-state index contributed by atoms with van der Waals surface area (Å²) >= 11 is 0. The molecular weight excluding hydrogens is 324 g/mol. The molecule has 5 nitrogen and oxygen atoms in total. The van der Waals surface area contributed by atoms with Crippen molar-refractivity contribution in [3.63, 3.8) is 0 Å². The van der Waals surface area contributed by atoms with Crippen molar-refractivity contribution in [3.8, 4) is 11.1 Å². The lowest BCUT2D eigenvalue weighted by atomic mass is 10.0. The van der Waals surface area contributed by atoms with E-state index >= 15 is 0 Å². The number of para-hydroxylation sites is 1. The van der Waals surface area contributed by atoms with Crippen molar-refractivity contribution in [2.75, 3.05) is 17.4 Å². The standard InChI is InChI=1S/C18H20N2O3S/c1-13(2)11-19-18(21)12-20-16-9-5-3-7-14(16)15-8-4-6-10-17(15)24(20,22)23/h3-10,13H,11-12H2,1-2H3,(H,19,21). The van der Waals surface area contributed by atoms with Crippen LogP contribution >= 0.6 is 0 Å². The number of benzene rings is 2. The lowest BCUT2D eigenvalue weighted by Crippen LogP contribution is -2.43. The summed E-state index contributed by atoms with van der Waals surface area (Å²) in [5.41, 5.74) is 2.03. The van der Waals surface area contributed by atoms with Gasteiger partial charge < -0.3 is 5.32 Å². The van der Waals surface area contributed by atoms with E-state index < -0.39 is 10.0 Å². The quantitative estimate of drug-likeness (QED) is 0.927. The van der Waals surface area contributed by atoms with Crippen LogP contribution in [-0.2, 0) is 14.8 Å². The van der Waals surface area contributed by atoms with Crippen molar-refractivity contribution >= 4 is 21.6 Å². The van der Waals surface area contributed by atoms with Crippen molar-refractivity contribution in [2.24, 2.45) is 5.92 Å². The van der Waals surface area contributed by atoms with Crippen LogP contribution in [0.3, 0.4) is 0 Å². The SMILES string of the molecule is CC(C)CNC(=O)CN1c2ccccc2-c2ccccc2S1(=O)=O. The maximum absolute atomic E-state index is 13.0. The Morgan fingerprint density at radius 2 is 1.67 bits per heavy atom. The normalized spacial score (nSPS) is 14.9. The van der Waals surface area contributed by atoms with E-state index in [-0.39, 0.29) is 17.3 Å². The molecule has 0 fully saturated rings. The molecule has 0 aliphatic carbocycles. The maximum Gasteiger partial charge on any atom is 0.265 e. The Morgan fingerprint density at radius 1 is 1.04 bits per heavy atom. The topological polar surface area (TPSA) is 66.5 Å². The number of hydrogen-bond donors (Lipinski definition) is 1. The summed E-state index contributed by atoms with van der Waals surface area (Å²) in [4.78, 5) is 12.4. The van der Waals surface area contributed by atoms with Gasteiger partial charge in [-0.25, -0.2) is 8.42 Å². The van der Waals surface area contributed by atoms with Crippen molar-refractivity contribution in [2.45, 2.75) is 18.7 Å². The summed E-state index contributed by atoms with van der Waals surface area (Å²) in [6.45, 7) is 4.28. The highest BCUT2D eigenvalue weighted by atomic mass is 32.2. The number of nitrogens with one attached hydrogen (secondary N) is 1. The Morgan fingerprint density at radius 3 is 2.38 bits per heavy atom. The molecule has 2 aromatic carbocycles. The monoisotopic (exact) mass is 344 g/mol. The molecule has 2 aromatic rings. The zero-order valence-corrected chi connectivity index (χ0v) is 14.5. The van der Waals surface area contributed by atoms with E-state index in [9.17, 15) is 13.2 Å². The number of sulfonamides is 1. The van der Waals surface area contributed by atoms with Gasteiger partial charge in [0, 0.05) is 17.7 Å². The second kappa shape index (κ2) is 6.28. The molecule has 6 heteroatoms. The fourth-order valence-electron chi connectivity index (χ4n) is 2.76. The average Bonchev–Trinajstić information content (AvgIpc) is 2.57. The fourth-order valence-corrected chi connectivity index (χ4v) is 4.40. The molecule has 0 bridgehead atoms. The summed E-state index contributed by atoms with van der Waals surface area (Å²) in [7, 11) is -3.76. The van der Waals surface area contributed by atoms with Gasteiger partial charge in [-0.3, -0.25) is 9.10 Å². The van der Waals surface area contributed by atoms with E-state index in [1.807, 2.05) is 32.0 Å². The molecule has 1 aliphatic heterocycles. The minimum absolute atomic E-state index is 0.222. The van der Waals surface area contributed by atoms with Gasteiger partial charge in [0.1, 0.15) is 6.54 Å². The number of hydrogen-bond acceptors (Lipinski definition) is 3. The van der Waals surface area contributed by atoms with Gasteiger partial charge in [0.15, 0.2) is 0 Å². The van der Waals surface area contributed by atoms with E-state index in [2.05, 4.69) is 5.32 Å². The summed E-state index contributed by atoms with van der Waals surface area (Å²) < 4.78 is 27.2. The van der Waals surface area contributed by atoms with Crippen LogP contribution in [0.25, 0.3) is 11.1 Å². The highest BCUT2D eigenvalue weighted by Crippen LogP contribution is 2.42. The van der Waals surface area contributed by atoms with Gasteiger partial charge in [-0.15, -0.1) is 0 Å². The number of fused-ring (bicyclic) bond motifs is 3. The van der Waals surface area contributed by atoms with Crippen LogP contribution in [0.4, 0.5) is 5.69 Å². The van der Waals surface area contributed by atoms with E-state index in [0.717, 1.165) is 5.56 Å². The lowest BCUT2D eigenvalue weighted by Gasteiger charge is -2.31. The first-order chi connectivity index (χ1) is 11.4. The molecule has 0 radical (unpaired) electrons. The smallest absolute Gasteiger partial charge is 0.265 e. The number of carbonyl (C=O) groups excluding carboxylic acids is 1. The molecule has 1 heterocycles.